The summed E-state index contributed by atoms with van der Waals surface area (Å²) in [6, 6.07) is 14.7. The van der Waals surface area contributed by atoms with E-state index >= 15 is 0 Å². The van der Waals surface area contributed by atoms with Crippen LogP contribution in [0.15, 0.2) is 47.6 Å². The number of benzene rings is 2. The topological polar surface area (TPSA) is 73.1 Å². The van der Waals surface area contributed by atoms with Crippen molar-refractivity contribution < 1.29 is 19.0 Å². The van der Waals surface area contributed by atoms with Crippen LogP contribution in [0.4, 0.5) is 0 Å². The Labute approximate surface area is 140 Å². The van der Waals surface area contributed by atoms with Crippen LogP contribution in [0.5, 0.6) is 17.2 Å². The SMILES string of the molecule is CO/N=C(/C#N)c1ccccc1COc1ccc(OC)c(OC)c1. The Kier molecular flexibility index (Phi) is 6.03. The molecule has 0 saturated heterocycles. The average molecular weight is 326 g/mol. The third kappa shape index (κ3) is 3.96. The minimum atomic E-state index is 0.198. The Morgan fingerprint density at radius 3 is 2.46 bits per heavy atom. The van der Waals surface area contributed by atoms with Gasteiger partial charge in [0, 0.05) is 11.6 Å². The summed E-state index contributed by atoms with van der Waals surface area (Å²) in [7, 11) is 4.55. The largest absolute Gasteiger partial charge is 0.493 e. The predicted molar refractivity (Wildman–Crippen MR) is 89.5 cm³/mol. The molecule has 0 bridgehead atoms. The molecular weight excluding hydrogens is 308 g/mol. The predicted octanol–water partition coefficient (Wildman–Crippen LogP) is 3.16. The van der Waals surface area contributed by atoms with E-state index in [4.69, 9.17) is 19.0 Å². The molecule has 0 saturated carbocycles. The van der Waals surface area contributed by atoms with Crippen molar-refractivity contribution in [1.82, 2.24) is 0 Å². The molecule has 0 heterocycles. The van der Waals surface area contributed by atoms with E-state index < -0.39 is 0 Å². The molecule has 0 amide bonds. The van der Waals surface area contributed by atoms with E-state index in [-0.39, 0.29) is 12.3 Å². The van der Waals surface area contributed by atoms with Gasteiger partial charge in [0.1, 0.15) is 25.5 Å². The Hall–Kier alpha value is -3.20. The standard InChI is InChI=1S/C18H18N2O4/c1-21-17-9-8-14(10-18(17)22-2)24-12-13-6-4-5-7-15(13)16(11-19)20-23-3/h4-10H,12H2,1-3H3/b20-16-. The van der Waals surface area contributed by atoms with Crippen LogP contribution < -0.4 is 14.2 Å². The molecule has 0 atom stereocenters. The first-order valence-electron chi connectivity index (χ1n) is 7.17. The molecule has 0 unspecified atom stereocenters. The monoisotopic (exact) mass is 326 g/mol. The number of hydrogen-bond acceptors (Lipinski definition) is 6. The van der Waals surface area contributed by atoms with Gasteiger partial charge < -0.3 is 19.0 Å². The van der Waals surface area contributed by atoms with Crippen LogP contribution in [0.2, 0.25) is 0 Å². The summed E-state index contributed by atoms with van der Waals surface area (Å²) in [6.07, 6.45) is 0. The fourth-order valence-electron chi connectivity index (χ4n) is 2.17. The zero-order valence-electron chi connectivity index (χ0n) is 13.8. The highest BCUT2D eigenvalue weighted by molar-refractivity contribution is 6.12. The molecule has 2 aromatic rings. The average Bonchev–Trinajstić information content (AvgIpc) is 2.64. The van der Waals surface area contributed by atoms with Crippen molar-refractivity contribution in [1.29, 1.82) is 5.26 Å². The van der Waals surface area contributed by atoms with Crippen molar-refractivity contribution in [2.24, 2.45) is 5.16 Å². The van der Waals surface area contributed by atoms with Gasteiger partial charge in [-0.05, 0) is 17.7 Å². The second kappa shape index (κ2) is 8.44. The summed E-state index contributed by atoms with van der Waals surface area (Å²) in [5.74, 6) is 1.84. The van der Waals surface area contributed by atoms with E-state index in [0.29, 0.717) is 22.8 Å². The van der Waals surface area contributed by atoms with Crippen LogP contribution in [0.3, 0.4) is 0 Å². The zero-order chi connectivity index (χ0) is 17.4. The molecule has 0 spiro atoms. The van der Waals surface area contributed by atoms with Gasteiger partial charge in [-0.1, -0.05) is 29.4 Å². The molecule has 0 fully saturated rings. The van der Waals surface area contributed by atoms with Gasteiger partial charge in [-0.2, -0.15) is 5.26 Å². The van der Waals surface area contributed by atoms with E-state index in [1.54, 1.807) is 38.5 Å². The Morgan fingerprint density at radius 2 is 1.79 bits per heavy atom. The van der Waals surface area contributed by atoms with Gasteiger partial charge in [-0.25, -0.2) is 0 Å². The van der Waals surface area contributed by atoms with Gasteiger partial charge in [0.2, 0.25) is 0 Å². The fraction of sp³-hybridized carbons (Fsp3) is 0.222. The maximum Gasteiger partial charge on any atom is 0.187 e. The molecular formula is C18H18N2O4. The third-order valence-electron chi connectivity index (χ3n) is 3.31. The summed E-state index contributed by atoms with van der Waals surface area (Å²) >= 11 is 0. The van der Waals surface area contributed by atoms with E-state index in [1.807, 2.05) is 24.3 Å². The second-order valence-electron chi connectivity index (χ2n) is 4.70. The van der Waals surface area contributed by atoms with E-state index in [2.05, 4.69) is 5.16 Å². The van der Waals surface area contributed by atoms with Crippen molar-refractivity contribution in [2.75, 3.05) is 21.3 Å². The van der Waals surface area contributed by atoms with Gasteiger partial charge >= 0.3 is 0 Å². The van der Waals surface area contributed by atoms with Gasteiger partial charge in [0.15, 0.2) is 17.2 Å². The highest BCUT2D eigenvalue weighted by Crippen LogP contribution is 2.31. The van der Waals surface area contributed by atoms with Gasteiger partial charge in [0.25, 0.3) is 0 Å². The lowest BCUT2D eigenvalue weighted by atomic mass is 10.0. The molecule has 0 N–H and O–H groups in total. The molecule has 2 rings (SSSR count). The molecule has 2 aromatic carbocycles. The Balaban J connectivity index is 2.21. The van der Waals surface area contributed by atoms with Crippen LogP contribution >= 0.6 is 0 Å². The molecule has 124 valence electrons. The van der Waals surface area contributed by atoms with Crippen LogP contribution in [0.25, 0.3) is 0 Å². The second-order valence-corrected chi connectivity index (χ2v) is 4.70. The molecule has 24 heavy (non-hydrogen) atoms. The van der Waals surface area contributed by atoms with Gasteiger partial charge in [-0.15, -0.1) is 0 Å². The third-order valence-corrected chi connectivity index (χ3v) is 3.31. The molecule has 6 nitrogen and oxygen atoms in total. The van der Waals surface area contributed by atoms with Crippen molar-refractivity contribution >= 4 is 5.71 Å². The molecule has 0 radical (unpaired) electrons. The number of methoxy groups -OCH3 is 2. The molecule has 0 aliphatic heterocycles. The smallest absolute Gasteiger partial charge is 0.187 e. The quantitative estimate of drug-likeness (QED) is 0.577. The summed E-state index contributed by atoms with van der Waals surface area (Å²) in [5.41, 5.74) is 1.69. The van der Waals surface area contributed by atoms with Crippen molar-refractivity contribution in [3.63, 3.8) is 0 Å². The number of nitrogens with zero attached hydrogens (tertiary/aromatic N) is 2. The maximum atomic E-state index is 9.21. The molecule has 0 aromatic heterocycles. The molecule has 0 aliphatic carbocycles. The van der Waals surface area contributed by atoms with E-state index in [1.165, 1.54) is 7.11 Å². The first-order valence-corrected chi connectivity index (χ1v) is 7.17. The minimum absolute atomic E-state index is 0.198. The minimum Gasteiger partial charge on any atom is -0.493 e. The summed E-state index contributed by atoms with van der Waals surface area (Å²) in [5, 5.41) is 13.0. The first-order chi connectivity index (χ1) is 11.7. The first kappa shape index (κ1) is 17.2. The summed E-state index contributed by atoms with van der Waals surface area (Å²) < 4.78 is 16.3. The van der Waals surface area contributed by atoms with Crippen LogP contribution in [-0.2, 0) is 11.4 Å². The lowest BCUT2D eigenvalue weighted by Crippen LogP contribution is -2.06. The number of oxime groups is 1. The molecule has 0 aliphatic rings. The van der Waals surface area contributed by atoms with Crippen LogP contribution in [-0.4, -0.2) is 27.0 Å². The lowest BCUT2D eigenvalue weighted by Gasteiger charge is -2.12. The Morgan fingerprint density at radius 1 is 1.04 bits per heavy atom. The fourth-order valence-corrected chi connectivity index (χ4v) is 2.17. The van der Waals surface area contributed by atoms with Crippen LogP contribution in [0.1, 0.15) is 11.1 Å². The zero-order valence-corrected chi connectivity index (χ0v) is 13.8. The van der Waals surface area contributed by atoms with Gasteiger partial charge in [0.05, 0.1) is 14.2 Å². The number of rotatable bonds is 7. The lowest BCUT2D eigenvalue weighted by molar-refractivity contribution is 0.214. The Bertz CT molecular complexity index is 766. The number of hydrogen-bond donors (Lipinski definition) is 0. The van der Waals surface area contributed by atoms with E-state index in [0.717, 1.165) is 5.56 Å². The highest BCUT2D eigenvalue weighted by Gasteiger charge is 2.11. The molecule has 6 heteroatoms. The van der Waals surface area contributed by atoms with Crippen LogP contribution in [0, 0.1) is 11.3 Å². The maximum absolute atomic E-state index is 9.21. The highest BCUT2D eigenvalue weighted by atomic mass is 16.6. The van der Waals surface area contributed by atoms with Gasteiger partial charge in [-0.3, -0.25) is 0 Å². The van der Waals surface area contributed by atoms with Crippen molar-refractivity contribution in [3.05, 3.63) is 53.6 Å². The number of nitriles is 1. The van der Waals surface area contributed by atoms with E-state index in [9.17, 15) is 5.26 Å². The number of ether oxygens (including phenoxy) is 3. The normalized spacial score (nSPS) is 10.7. The summed E-state index contributed by atoms with van der Waals surface area (Å²) in [4.78, 5) is 4.72. The van der Waals surface area contributed by atoms with Crippen molar-refractivity contribution in [2.45, 2.75) is 6.61 Å². The van der Waals surface area contributed by atoms with Crippen molar-refractivity contribution in [3.8, 4) is 23.3 Å². The summed E-state index contributed by atoms with van der Waals surface area (Å²) in [6.45, 7) is 0.274.